The molecule has 1 aromatic heterocycles. The van der Waals surface area contributed by atoms with Crippen LogP contribution in [0.4, 0.5) is 0 Å². The Balaban J connectivity index is 2.12. The molecule has 0 amide bonds. The topological polar surface area (TPSA) is 49.9 Å². The average molecular weight is 265 g/mol. The first kappa shape index (κ1) is 11.6. The fraction of sp³-hybridized carbons (Fsp3) is 0.294. The van der Waals surface area contributed by atoms with Crippen molar-refractivity contribution in [2.75, 3.05) is 0 Å². The Hall–Kier alpha value is -2.16. The number of H-pyrrole nitrogens is 1. The number of carbonyl (C=O) groups is 2. The van der Waals surface area contributed by atoms with Crippen molar-refractivity contribution in [3.8, 4) is 0 Å². The number of ketones is 2. The van der Waals surface area contributed by atoms with E-state index < -0.39 is 0 Å². The van der Waals surface area contributed by atoms with E-state index in [4.69, 9.17) is 0 Å². The van der Waals surface area contributed by atoms with E-state index >= 15 is 0 Å². The second-order valence-corrected chi connectivity index (χ2v) is 5.88. The van der Waals surface area contributed by atoms with Crippen molar-refractivity contribution < 1.29 is 9.59 Å². The molecule has 1 atom stereocenters. The largest absolute Gasteiger partial charge is 0.361 e. The summed E-state index contributed by atoms with van der Waals surface area (Å²) in [7, 11) is 0. The summed E-state index contributed by atoms with van der Waals surface area (Å²) in [6.07, 6.45) is 3.43. The second-order valence-electron chi connectivity index (χ2n) is 5.88. The summed E-state index contributed by atoms with van der Waals surface area (Å²) >= 11 is 0. The number of hydrogen-bond acceptors (Lipinski definition) is 2. The van der Waals surface area contributed by atoms with Crippen molar-refractivity contribution in [1.82, 2.24) is 4.98 Å². The van der Waals surface area contributed by atoms with Crippen LogP contribution < -0.4 is 0 Å². The monoisotopic (exact) mass is 265 g/mol. The third kappa shape index (κ3) is 1.30. The van der Waals surface area contributed by atoms with Crippen molar-refractivity contribution in [2.24, 2.45) is 5.92 Å². The Kier molecular flexibility index (Phi) is 2.15. The molecular weight excluding hydrogens is 250 g/mol. The molecule has 0 saturated heterocycles. The highest BCUT2D eigenvalue weighted by atomic mass is 16.1. The lowest BCUT2D eigenvalue weighted by Crippen LogP contribution is -2.10. The molecule has 3 nitrogen and oxygen atoms in total. The number of benzene rings is 1. The Bertz CT molecular complexity index is 823. The summed E-state index contributed by atoms with van der Waals surface area (Å²) in [4.78, 5) is 27.5. The third-order valence-electron chi connectivity index (χ3n) is 4.60. The normalized spacial score (nSPS) is 20.7. The summed E-state index contributed by atoms with van der Waals surface area (Å²) in [6.45, 7) is 3.57. The van der Waals surface area contributed by atoms with Gasteiger partial charge in [0.15, 0.2) is 11.6 Å². The van der Waals surface area contributed by atoms with Crippen molar-refractivity contribution >= 4 is 28.0 Å². The number of nitrogens with one attached hydrogen (secondary N) is 1. The predicted octanol–water partition coefficient (Wildman–Crippen LogP) is 3.29. The van der Waals surface area contributed by atoms with E-state index in [1.165, 1.54) is 0 Å². The molecule has 20 heavy (non-hydrogen) atoms. The van der Waals surface area contributed by atoms with Crippen LogP contribution in [0, 0.1) is 5.92 Å². The maximum absolute atomic E-state index is 12.3. The number of fused-ring (bicyclic) bond motifs is 1. The van der Waals surface area contributed by atoms with Crippen LogP contribution in [-0.4, -0.2) is 16.6 Å². The lowest BCUT2D eigenvalue weighted by atomic mass is 9.84. The van der Waals surface area contributed by atoms with Gasteiger partial charge in [0.05, 0.1) is 0 Å². The summed E-state index contributed by atoms with van der Waals surface area (Å²) in [6, 6.07) is 3.84. The Labute approximate surface area is 116 Å². The number of carbonyl (C=O) groups excluding carboxylic acids is 2. The number of rotatable bonds is 1. The van der Waals surface area contributed by atoms with Crippen LogP contribution in [0.15, 0.2) is 23.9 Å². The van der Waals surface area contributed by atoms with Gasteiger partial charge in [0, 0.05) is 40.6 Å². The van der Waals surface area contributed by atoms with Gasteiger partial charge in [0.1, 0.15) is 0 Å². The molecule has 2 aliphatic carbocycles. The molecule has 0 spiro atoms. The van der Waals surface area contributed by atoms with E-state index in [-0.39, 0.29) is 17.5 Å². The van der Waals surface area contributed by atoms with Gasteiger partial charge in [-0.2, -0.15) is 0 Å². The van der Waals surface area contributed by atoms with Gasteiger partial charge < -0.3 is 4.98 Å². The first-order valence-corrected chi connectivity index (χ1v) is 6.98. The molecule has 0 radical (unpaired) electrons. The van der Waals surface area contributed by atoms with Crippen LogP contribution in [0.2, 0.25) is 0 Å². The van der Waals surface area contributed by atoms with Crippen LogP contribution in [-0.2, 0) is 11.2 Å². The maximum atomic E-state index is 12.3. The van der Waals surface area contributed by atoms with Gasteiger partial charge in [-0.25, -0.2) is 0 Å². The third-order valence-corrected chi connectivity index (χ3v) is 4.60. The zero-order valence-electron chi connectivity index (χ0n) is 11.5. The fourth-order valence-electron chi connectivity index (χ4n) is 3.65. The average Bonchev–Trinajstić information content (AvgIpc) is 2.95. The number of hydrogen-bond donors (Lipinski definition) is 1. The predicted molar refractivity (Wildman–Crippen MR) is 77.7 cm³/mol. The van der Waals surface area contributed by atoms with Gasteiger partial charge in [-0.3, -0.25) is 9.59 Å². The summed E-state index contributed by atoms with van der Waals surface area (Å²) < 4.78 is 0. The van der Waals surface area contributed by atoms with Gasteiger partial charge >= 0.3 is 0 Å². The van der Waals surface area contributed by atoms with Crippen LogP contribution in [0.3, 0.4) is 0 Å². The van der Waals surface area contributed by atoms with E-state index in [2.05, 4.69) is 4.98 Å². The van der Waals surface area contributed by atoms with E-state index in [0.717, 1.165) is 45.2 Å². The van der Waals surface area contributed by atoms with Gasteiger partial charge in [-0.1, -0.05) is 6.92 Å². The molecule has 2 aromatic rings. The quantitative estimate of drug-likeness (QED) is 0.804. The zero-order chi connectivity index (χ0) is 14.0. The highest BCUT2D eigenvalue weighted by Crippen LogP contribution is 2.45. The highest BCUT2D eigenvalue weighted by molar-refractivity contribution is 6.17. The Morgan fingerprint density at radius 1 is 1.30 bits per heavy atom. The van der Waals surface area contributed by atoms with Gasteiger partial charge in [-0.05, 0) is 42.2 Å². The lowest BCUT2D eigenvalue weighted by molar-refractivity contribution is -0.117. The molecule has 0 bridgehead atoms. The molecule has 0 saturated carbocycles. The molecule has 2 aliphatic rings. The van der Waals surface area contributed by atoms with Crippen molar-refractivity contribution in [1.29, 1.82) is 0 Å². The number of aromatic nitrogens is 1. The zero-order valence-corrected chi connectivity index (χ0v) is 11.5. The van der Waals surface area contributed by atoms with E-state index in [1.54, 1.807) is 6.92 Å². The summed E-state index contributed by atoms with van der Waals surface area (Å²) in [5, 5.41) is 1.14. The molecule has 1 N–H and O–H groups in total. The maximum Gasteiger partial charge on any atom is 0.162 e. The molecule has 1 aromatic carbocycles. The molecule has 0 fully saturated rings. The smallest absolute Gasteiger partial charge is 0.162 e. The Morgan fingerprint density at radius 3 is 2.85 bits per heavy atom. The number of Topliss-reactive ketones (excluding diaryl/α,β-unsaturated/α-hetero) is 2. The van der Waals surface area contributed by atoms with Crippen molar-refractivity contribution in [3.63, 3.8) is 0 Å². The minimum absolute atomic E-state index is 0.0445. The number of aromatic amines is 1. The minimum Gasteiger partial charge on any atom is -0.361 e. The van der Waals surface area contributed by atoms with Gasteiger partial charge in [0.2, 0.25) is 0 Å². The van der Waals surface area contributed by atoms with Crippen LogP contribution >= 0.6 is 0 Å². The SMILES string of the molecule is CC(=O)c1ccc2[nH]cc3c2c1C1=C(C3)C(=O)C(C)C1. The summed E-state index contributed by atoms with van der Waals surface area (Å²) in [5.41, 5.74) is 5.96. The second kappa shape index (κ2) is 3.69. The fourth-order valence-corrected chi connectivity index (χ4v) is 3.65. The molecule has 0 aliphatic heterocycles. The van der Waals surface area contributed by atoms with Crippen LogP contribution in [0.1, 0.15) is 41.8 Å². The first-order chi connectivity index (χ1) is 9.58. The van der Waals surface area contributed by atoms with Crippen LogP contribution in [0.5, 0.6) is 0 Å². The van der Waals surface area contributed by atoms with Crippen LogP contribution in [0.25, 0.3) is 16.5 Å². The van der Waals surface area contributed by atoms with E-state index in [9.17, 15) is 9.59 Å². The lowest BCUT2D eigenvalue weighted by Gasteiger charge is -2.18. The molecular formula is C17H15NO2. The summed E-state index contributed by atoms with van der Waals surface area (Å²) in [5.74, 6) is 0.358. The molecule has 1 heterocycles. The number of allylic oxidation sites excluding steroid dienone is 2. The molecule has 1 unspecified atom stereocenters. The first-order valence-electron chi connectivity index (χ1n) is 6.98. The molecule has 3 heteroatoms. The van der Waals surface area contributed by atoms with Crippen molar-refractivity contribution in [3.05, 3.63) is 40.6 Å². The molecule has 100 valence electrons. The minimum atomic E-state index is 0.0445. The van der Waals surface area contributed by atoms with Crippen molar-refractivity contribution in [2.45, 2.75) is 26.7 Å². The molecule has 4 rings (SSSR count). The van der Waals surface area contributed by atoms with Gasteiger partial charge in [-0.15, -0.1) is 0 Å². The Morgan fingerprint density at radius 2 is 2.10 bits per heavy atom. The highest BCUT2D eigenvalue weighted by Gasteiger charge is 2.36. The van der Waals surface area contributed by atoms with Gasteiger partial charge in [0.25, 0.3) is 0 Å². The standard InChI is InChI=1S/C17H15NO2/c1-8-5-12-13(17(8)20)6-10-7-18-14-4-3-11(9(2)19)16(12)15(10)14/h3-4,7-8,18H,5-6H2,1-2H3. The van der Waals surface area contributed by atoms with E-state index in [1.807, 2.05) is 25.3 Å². The van der Waals surface area contributed by atoms with E-state index in [0.29, 0.717) is 6.42 Å².